The summed E-state index contributed by atoms with van der Waals surface area (Å²) < 4.78 is 2.10. The fourth-order valence-corrected chi connectivity index (χ4v) is 2.90. The molecule has 0 radical (unpaired) electrons. The first-order chi connectivity index (χ1) is 9.29. The largest absolute Gasteiger partial charge is 0.344 e. The second kappa shape index (κ2) is 5.16. The van der Waals surface area contributed by atoms with Gasteiger partial charge in [0.2, 0.25) is 0 Å². The zero-order valence-corrected chi connectivity index (χ0v) is 11.8. The lowest BCUT2D eigenvalue weighted by molar-refractivity contribution is 0.491. The molecular weight excluding hydrogens is 260 g/mol. The molecule has 0 N–H and O–H groups in total. The van der Waals surface area contributed by atoms with Gasteiger partial charge >= 0.3 is 0 Å². The zero-order valence-electron chi connectivity index (χ0n) is 11.0. The Bertz CT molecular complexity index is 569. The van der Waals surface area contributed by atoms with Crippen molar-refractivity contribution < 1.29 is 0 Å². The topological polar surface area (TPSA) is 59.7 Å². The van der Waals surface area contributed by atoms with E-state index in [2.05, 4.69) is 43.5 Å². The minimum Gasteiger partial charge on any atom is -0.344 e. The maximum absolute atomic E-state index is 4.66. The van der Waals surface area contributed by atoms with E-state index < -0.39 is 0 Å². The van der Waals surface area contributed by atoms with Gasteiger partial charge in [-0.3, -0.25) is 4.98 Å². The van der Waals surface area contributed by atoms with E-state index in [1.807, 2.05) is 12.4 Å². The smallest absolute Gasteiger partial charge is 0.155 e. The molecule has 19 heavy (non-hydrogen) atoms. The van der Waals surface area contributed by atoms with Gasteiger partial charge in [0.15, 0.2) is 5.82 Å². The second-order valence-corrected chi connectivity index (χ2v) is 5.68. The van der Waals surface area contributed by atoms with E-state index in [1.54, 1.807) is 18.1 Å². The van der Waals surface area contributed by atoms with Crippen molar-refractivity contribution >= 4 is 17.6 Å². The Morgan fingerprint density at radius 2 is 2.26 bits per heavy atom. The van der Waals surface area contributed by atoms with Gasteiger partial charge in [-0.25, -0.2) is 4.98 Å². The Morgan fingerprint density at radius 1 is 1.37 bits per heavy atom. The monoisotopic (exact) mass is 276 g/mol. The first-order valence-corrected chi connectivity index (χ1v) is 7.37. The van der Waals surface area contributed by atoms with Crippen LogP contribution >= 0.6 is 11.8 Å². The van der Waals surface area contributed by atoms with Crippen LogP contribution in [0.3, 0.4) is 0 Å². The van der Waals surface area contributed by atoms with Crippen LogP contribution in [0, 0.1) is 0 Å². The summed E-state index contributed by atoms with van der Waals surface area (Å²) in [4.78, 5) is 11.2. The number of fused-ring (bicyclic) bond motifs is 1. The summed E-state index contributed by atoms with van der Waals surface area (Å²) in [7, 11) is 0. The number of anilines is 1. The molecule has 3 rings (SSSR count). The highest BCUT2D eigenvalue weighted by atomic mass is 32.2. The van der Waals surface area contributed by atoms with Crippen molar-refractivity contribution in [2.24, 2.45) is 0 Å². The zero-order chi connectivity index (χ0) is 13.2. The van der Waals surface area contributed by atoms with Crippen LogP contribution in [0.5, 0.6) is 0 Å². The van der Waals surface area contributed by atoms with Gasteiger partial charge in [-0.05, 0) is 12.7 Å². The van der Waals surface area contributed by atoms with Gasteiger partial charge in [0.25, 0.3) is 0 Å². The number of hydrogen-bond donors (Lipinski definition) is 0. The Morgan fingerprint density at radius 3 is 3.11 bits per heavy atom. The molecule has 3 heterocycles. The lowest BCUT2D eigenvalue weighted by Gasteiger charge is -2.33. The number of thioether (sulfide) groups is 1. The summed E-state index contributed by atoms with van der Waals surface area (Å²) in [5.74, 6) is 2.91. The van der Waals surface area contributed by atoms with Gasteiger partial charge < -0.3 is 9.47 Å². The van der Waals surface area contributed by atoms with Crippen LogP contribution in [0.1, 0.15) is 25.7 Å². The maximum atomic E-state index is 4.66. The highest BCUT2D eigenvalue weighted by Crippen LogP contribution is 2.28. The summed E-state index contributed by atoms with van der Waals surface area (Å²) in [5.41, 5.74) is 0. The van der Waals surface area contributed by atoms with Crippen molar-refractivity contribution in [1.82, 2.24) is 24.7 Å². The molecule has 1 aliphatic heterocycles. The van der Waals surface area contributed by atoms with Crippen LogP contribution in [0.4, 0.5) is 5.82 Å². The fraction of sp³-hybridized carbons (Fsp3) is 0.500. The predicted molar refractivity (Wildman–Crippen MR) is 74.2 cm³/mol. The van der Waals surface area contributed by atoms with E-state index in [9.17, 15) is 0 Å². The number of aromatic nitrogens is 5. The molecule has 0 fully saturated rings. The normalized spacial score (nSPS) is 18.4. The molecule has 0 amide bonds. The molecule has 0 bridgehead atoms. The third-order valence-corrected chi connectivity index (χ3v) is 4.04. The number of rotatable bonds is 3. The predicted octanol–water partition coefficient (Wildman–Crippen LogP) is 1.76. The molecule has 6 nitrogen and oxygen atoms in total. The van der Waals surface area contributed by atoms with E-state index >= 15 is 0 Å². The fourth-order valence-electron chi connectivity index (χ4n) is 2.32. The SMILES string of the molecule is CCSc1cncc(N2CCn3cnnc3C2C)n1. The molecule has 1 aliphatic rings. The van der Waals surface area contributed by atoms with Crippen LogP contribution in [0.25, 0.3) is 0 Å². The van der Waals surface area contributed by atoms with Gasteiger partial charge in [0.05, 0.1) is 18.4 Å². The maximum Gasteiger partial charge on any atom is 0.155 e. The molecule has 0 saturated heterocycles. The average molecular weight is 276 g/mol. The molecule has 0 spiro atoms. The van der Waals surface area contributed by atoms with Crippen LogP contribution in [-0.2, 0) is 6.54 Å². The lowest BCUT2D eigenvalue weighted by Crippen LogP contribution is -2.37. The molecule has 2 aromatic rings. The molecule has 0 saturated carbocycles. The van der Waals surface area contributed by atoms with Crippen LogP contribution < -0.4 is 4.90 Å². The van der Waals surface area contributed by atoms with Crippen molar-refractivity contribution in [2.45, 2.75) is 31.5 Å². The van der Waals surface area contributed by atoms with Gasteiger partial charge in [0, 0.05) is 13.1 Å². The average Bonchev–Trinajstić information content (AvgIpc) is 2.89. The van der Waals surface area contributed by atoms with E-state index in [0.717, 1.165) is 35.5 Å². The minimum atomic E-state index is 0.174. The highest BCUT2D eigenvalue weighted by Gasteiger charge is 2.26. The first-order valence-electron chi connectivity index (χ1n) is 6.38. The van der Waals surface area contributed by atoms with E-state index in [1.165, 1.54) is 0 Å². The van der Waals surface area contributed by atoms with E-state index in [-0.39, 0.29) is 6.04 Å². The standard InChI is InChI=1S/C12H16N6S/c1-3-19-11-7-13-6-10(15-11)18-5-4-17-8-14-16-12(17)9(18)2/h6-9H,3-5H2,1-2H3. The van der Waals surface area contributed by atoms with Crippen LogP contribution in [-0.4, -0.2) is 37.0 Å². The van der Waals surface area contributed by atoms with Crippen LogP contribution in [0.15, 0.2) is 23.7 Å². The summed E-state index contributed by atoms with van der Waals surface area (Å²) in [6.45, 7) is 6.03. The van der Waals surface area contributed by atoms with Crippen molar-refractivity contribution in [3.63, 3.8) is 0 Å². The summed E-state index contributed by atoms with van der Waals surface area (Å²) >= 11 is 1.71. The number of nitrogens with zero attached hydrogens (tertiary/aromatic N) is 6. The third kappa shape index (κ3) is 2.30. The van der Waals surface area contributed by atoms with Gasteiger partial charge in [0.1, 0.15) is 17.2 Å². The Kier molecular flexibility index (Phi) is 3.37. The van der Waals surface area contributed by atoms with E-state index in [4.69, 9.17) is 0 Å². The van der Waals surface area contributed by atoms with Gasteiger partial charge in [-0.1, -0.05) is 6.92 Å². The minimum absolute atomic E-state index is 0.174. The molecule has 0 aliphatic carbocycles. The molecule has 7 heteroatoms. The Labute approximate surface area is 116 Å². The Balaban J connectivity index is 1.89. The second-order valence-electron chi connectivity index (χ2n) is 4.40. The lowest BCUT2D eigenvalue weighted by atomic mass is 10.2. The number of hydrogen-bond acceptors (Lipinski definition) is 6. The van der Waals surface area contributed by atoms with Crippen LogP contribution in [0.2, 0.25) is 0 Å². The van der Waals surface area contributed by atoms with Crippen molar-refractivity contribution in [2.75, 3.05) is 17.2 Å². The van der Waals surface area contributed by atoms with E-state index in [0.29, 0.717) is 0 Å². The quantitative estimate of drug-likeness (QED) is 0.796. The van der Waals surface area contributed by atoms with Crippen molar-refractivity contribution in [3.05, 3.63) is 24.5 Å². The Hall–Kier alpha value is -1.63. The molecule has 1 unspecified atom stereocenters. The summed E-state index contributed by atoms with van der Waals surface area (Å²) in [6, 6.07) is 0.174. The highest BCUT2D eigenvalue weighted by molar-refractivity contribution is 7.99. The van der Waals surface area contributed by atoms with Gasteiger partial charge in [-0.15, -0.1) is 22.0 Å². The van der Waals surface area contributed by atoms with Gasteiger partial charge in [-0.2, -0.15) is 0 Å². The van der Waals surface area contributed by atoms with Crippen molar-refractivity contribution in [3.8, 4) is 0 Å². The molecule has 1 atom stereocenters. The van der Waals surface area contributed by atoms with Crippen molar-refractivity contribution in [1.29, 1.82) is 0 Å². The molecule has 2 aromatic heterocycles. The molecular formula is C12H16N6S. The third-order valence-electron chi connectivity index (χ3n) is 3.25. The molecule has 100 valence electrons. The first kappa shape index (κ1) is 12.4. The summed E-state index contributed by atoms with van der Waals surface area (Å²) in [5, 5.41) is 9.14. The molecule has 0 aromatic carbocycles. The summed E-state index contributed by atoms with van der Waals surface area (Å²) in [6.07, 6.45) is 5.43.